The lowest BCUT2D eigenvalue weighted by Gasteiger charge is -2.49. The summed E-state index contributed by atoms with van der Waals surface area (Å²) in [5, 5.41) is 2.84. The second-order valence-electron chi connectivity index (χ2n) is 11.0. The van der Waals surface area contributed by atoms with Gasteiger partial charge in [0.15, 0.2) is 0 Å². The van der Waals surface area contributed by atoms with Gasteiger partial charge in [-0.25, -0.2) is 0 Å². The van der Waals surface area contributed by atoms with Crippen molar-refractivity contribution in [3.8, 4) is 0 Å². The summed E-state index contributed by atoms with van der Waals surface area (Å²) in [6.45, 7) is 7.15. The average molecular weight is 449 g/mol. The highest BCUT2D eigenvalue weighted by atomic mass is 28.4. The number of rotatable bonds is 5. The second kappa shape index (κ2) is 9.57. The molecule has 2 nitrogen and oxygen atoms in total. The molecule has 2 aromatic rings. The molecular formula is C29H40O2Si. The van der Waals surface area contributed by atoms with Crippen molar-refractivity contribution < 1.29 is 9.16 Å². The van der Waals surface area contributed by atoms with Gasteiger partial charge in [0.05, 0.1) is 13.4 Å². The zero-order valence-corrected chi connectivity index (χ0v) is 21.4. The zero-order valence-electron chi connectivity index (χ0n) is 20.4. The molecule has 2 aromatic carbocycles. The van der Waals surface area contributed by atoms with Crippen LogP contribution in [0.4, 0.5) is 0 Å². The fraction of sp³-hybridized carbons (Fsp3) is 0.517. The summed E-state index contributed by atoms with van der Waals surface area (Å²) in [6, 6.07) is 22.2. The summed E-state index contributed by atoms with van der Waals surface area (Å²) in [4.78, 5) is 0. The quantitative estimate of drug-likeness (QED) is 0.379. The molecule has 2 aliphatic carbocycles. The maximum atomic E-state index is 7.42. The Hall–Kier alpha value is -1.84. The first-order valence-electron chi connectivity index (χ1n) is 12.4. The van der Waals surface area contributed by atoms with E-state index in [1.165, 1.54) is 67.3 Å². The van der Waals surface area contributed by atoms with Crippen LogP contribution >= 0.6 is 0 Å². The highest BCUT2D eigenvalue weighted by Gasteiger charge is 2.52. The Morgan fingerprint density at radius 3 is 1.75 bits per heavy atom. The predicted octanol–water partition coefficient (Wildman–Crippen LogP) is 6.60. The highest BCUT2D eigenvalue weighted by Crippen LogP contribution is 2.50. The molecule has 0 N–H and O–H groups in total. The van der Waals surface area contributed by atoms with Gasteiger partial charge in [0, 0.05) is 6.10 Å². The number of hydrogen-bond acceptors (Lipinski definition) is 2. The molecule has 0 heterocycles. The molecule has 4 rings (SSSR count). The molecule has 0 aromatic heterocycles. The number of hydrogen-bond donors (Lipinski definition) is 0. The van der Waals surface area contributed by atoms with Crippen molar-refractivity contribution >= 4 is 18.7 Å². The van der Waals surface area contributed by atoms with E-state index < -0.39 is 8.32 Å². The second-order valence-corrected chi connectivity index (χ2v) is 15.2. The molecule has 3 heteroatoms. The third kappa shape index (κ3) is 4.60. The van der Waals surface area contributed by atoms with Crippen LogP contribution in [0.1, 0.15) is 72.1 Å². The summed E-state index contributed by atoms with van der Waals surface area (Å²) in [5.74, 6) is 0. The van der Waals surface area contributed by atoms with Crippen LogP contribution in [-0.2, 0) is 9.16 Å². The third-order valence-corrected chi connectivity index (χ3v) is 13.1. The molecule has 0 bridgehead atoms. The Morgan fingerprint density at radius 2 is 1.31 bits per heavy atom. The fourth-order valence-electron chi connectivity index (χ4n) is 6.15. The lowest BCUT2D eigenvalue weighted by Crippen LogP contribution is -2.68. The van der Waals surface area contributed by atoms with Crippen molar-refractivity contribution in [1.29, 1.82) is 0 Å². The van der Waals surface area contributed by atoms with Crippen LogP contribution in [0.2, 0.25) is 5.04 Å². The van der Waals surface area contributed by atoms with E-state index >= 15 is 0 Å². The number of benzene rings is 2. The van der Waals surface area contributed by atoms with E-state index in [4.69, 9.17) is 9.16 Å². The van der Waals surface area contributed by atoms with Crippen molar-refractivity contribution in [1.82, 2.24) is 0 Å². The molecule has 172 valence electrons. The molecule has 0 saturated heterocycles. The summed E-state index contributed by atoms with van der Waals surface area (Å²) < 4.78 is 12.7. The SMILES string of the molecule is COC=C1CCC2(CC1)CCC(O[Si](c1ccccc1)(c1ccccc1)C(C)(C)C)CC2. The van der Waals surface area contributed by atoms with Crippen LogP contribution in [0.25, 0.3) is 0 Å². The smallest absolute Gasteiger partial charge is 0.261 e. The van der Waals surface area contributed by atoms with Crippen molar-refractivity contribution in [3.63, 3.8) is 0 Å². The molecule has 32 heavy (non-hydrogen) atoms. The maximum Gasteiger partial charge on any atom is 0.261 e. The van der Waals surface area contributed by atoms with Crippen LogP contribution in [0.5, 0.6) is 0 Å². The zero-order chi connectivity index (χ0) is 22.7. The maximum absolute atomic E-state index is 7.42. The lowest BCUT2D eigenvalue weighted by molar-refractivity contribution is 0.0543. The molecule has 1 spiro atoms. The normalized spacial score (nSPS) is 24.4. The Morgan fingerprint density at radius 1 is 0.812 bits per heavy atom. The van der Waals surface area contributed by atoms with Gasteiger partial charge in [0.2, 0.25) is 0 Å². The number of allylic oxidation sites excluding steroid dienone is 1. The van der Waals surface area contributed by atoms with Gasteiger partial charge in [-0.1, -0.05) is 81.4 Å². The molecule has 2 aliphatic rings. The minimum atomic E-state index is -2.45. The van der Waals surface area contributed by atoms with Crippen LogP contribution in [0, 0.1) is 5.41 Å². The van der Waals surface area contributed by atoms with Crippen LogP contribution < -0.4 is 10.4 Å². The summed E-state index contributed by atoms with van der Waals surface area (Å²) in [5.41, 5.74) is 2.01. The van der Waals surface area contributed by atoms with Crippen molar-refractivity contribution in [3.05, 3.63) is 72.5 Å². The largest absolute Gasteiger partial charge is 0.504 e. The molecule has 2 fully saturated rings. The molecule has 0 amide bonds. The molecule has 0 unspecified atom stereocenters. The molecule has 2 saturated carbocycles. The first kappa shape index (κ1) is 23.3. The van der Waals surface area contributed by atoms with E-state index in [1.807, 2.05) is 6.26 Å². The Bertz CT molecular complexity index is 838. The first-order valence-corrected chi connectivity index (χ1v) is 14.3. The van der Waals surface area contributed by atoms with Crippen LogP contribution in [0.3, 0.4) is 0 Å². The summed E-state index contributed by atoms with van der Waals surface area (Å²) in [6.07, 6.45) is 12.3. The van der Waals surface area contributed by atoms with Gasteiger partial charge in [-0.2, -0.15) is 0 Å². The highest BCUT2D eigenvalue weighted by molar-refractivity contribution is 6.99. The minimum absolute atomic E-state index is 0.0511. The summed E-state index contributed by atoms with van der Waals surface area (Å²) >= 11 is 0. The van der Waals surface area contributed by atoms with E-state index in [9.17, 15) is 0 Å². The van der Waals surface area contributed by atoms with Gasteiger partial charge in [-0.3, -0.25) is 0 Å². The van der Waals surface area contributed by atoms with Gasteiger partial charge in [0.1, 0.15) is 0 Å². The van der Waals surface area contributed by atoms with Crippen LogP contribution in [-0.4, -0.2) is 21.5 Å². The van der Waals surface area contributed by atoms with Gasteiger partial charge in [-0.15, -0.1) is 0 Å². The van der Waals surface area contributed by atoms with Crippen molar-refractivity contribution in [2.75, 3.05) is 7.11 Å². The predicted molar refractivity (Wildman–Crippen MR) is 137 cm³/mol. The minimum Gasteiger partial charge on any atom is -0.504 e. The van der Waals surface area contributed by atoms with Gasteiger partial charge in [-0.05, 0) is 77.8 Å². The van der Waals surface area contributed by atoms with Gasteiger partial charge >= 0.3 is 0 Å². The number of ether oxygens (including phenoxy) is 1. The van der Waals surface area contributed by atoms with E-state index in [1.54, 1.807) is 7.11 Å². The molecule has 0 radical (unpaired) electrons. The molecule has 0 atom stereocenters. The third-order valence-electron chi connectivity index (χ3n) is 7.99. The molecule has 0 aliphatic heterocycles. The first-order chi connectivity index (χ1) is 15.4. The van der Waals surface area contributed by atoms with Crippen LogP contribution in [0.15, 0.2) is 72.5 Å². The van der Waals surface area contributed by atoms with Crippen molar-refractivity contribution in [2.24, 2.45) is 5.41 Å². The van der Waals surface area contributed by atoms with E-state index in [2.05, 4.69) is 81.4 Å². The summed E-state index contributed by atoms with van der Waals surface area (Å²) in [7, 11) is -0.677. The topological polar surface area (TPSA) is 18.5 Å². The lowest BCUT2D eigenvalue weighted by atomic mass is 9.64. The fourth-order valence-corrected chi connectivity index (χ4v) is 10.9. The van der Waals surface area contributed by atoms with E-state index in [0.717, 1.165) is 0 Å². The molecular weight excluding hydrogens is 408 g/mol. The van der Waals surface area contributed by atoms with Crippen molar-refractivity contribution in [2.45, 2.75) is 83.3 Å². The van der Waals surface area contributed by atoms with E-state index in [0.29, 0.717) is 11.5 Å². The Labute approximate surface area is 196 Å². The number of methoxy groups -OCH3 is 1. The van der Waals surface area contributed by atoms with Gasteiger partial charge in [0.25, 0.3) is 8.32 Å². The van der Waals surface area contributed by atoms with Gasteiger partial charge < -0.3 is 9.16 Å². The Kier molecular flexibility index (Phi) is 6.97. The Balaban J connectivity index is 1.58. The standard InChI is InChI=1S/C29H40O2Si/c1-28(2,3)32(26-11-7-5-8-12-26,27-13-9-6-10-14-27)31-25-17-21-29(22-18-25)19-15-24(16-20-29)23-30-4/h5-14,23,25H,15-22H2,1-4H3. The monoisotopic (exact) mass is 448 g/mol. The average Bonchev–Trinajstić information content (AvgIpc) is 2.81. The van der Waals surface area contributed by atoms with E-state index in [-0.39, 0.29) is 5.04 Å².